The second kappa shape index (κ2) is 5.24. The molecule has 1 aromatic carbocycles. The molecule has 0 saturated heterocycles. The van der Waals surface area contributed by atoms with Gasteiger partial charge >= 0.3 is 12.1 Å². The van der Waals surface area contributed by atoms with Crippen LogP contribution in [0.1, 0.15) is 23.0 Å². The topological polar surface area (TPSA) is 52.1 Å². The third-order valence-corrected chi connectivity index (χ3v) is 2.64. The Hall–Kier alpha value is -1.89. The molecule has 8 heteroatoms. The van der Waals surface area contributed by atoms with Gasteiger partial charge in [0.25, 0.3) is 0 Å². The second-order valence-electron chi connectivity index (χ2n) is 3.76. The van der Waals surface area contributed by atoms with E-state index in [-0.39, 0.29) is 17.7 Å². The zero-order valence-electron chi connectivity index (χ0n) is 10.2. The highest BCUT2D eigenvalue weighted by atomic mass is 35.5. The number of ether oxygens (including phenoxy) is 1. The van der Waals surface area contributed by atoms with Gasteiger partial charge in [0.2, 0.25) is 5.28 Å². The van der Waals surface area contributed by atoms with Crippen LogP contribution in [0.25, 0.3) is 10.9 Å². The van der Waals surface area contributed by atoms with Crippen LogP contribution in [0.5, 0.6) is 0 Å². The Morgan fingerprint density at radius 3 is 2.65 bits per heavy atom. The normalized spacial score (nSPS) is 11.7. The van der Waals surface area contributed by atoms with Gasteiger partial charge in [-0.2, -0.15) is 13.2 Å². The van der Waals surface area contributed by atoms with E-state index in [1.807, 2.05) is 0 Å². The summed E-state index contributed by atoms with van der Waals surface area (Å²) in [6, 6.07) is 3.35. The van der Waals surface area contributed by atoms with E-state index in [1.165, 1.54) is 12.1 Å². The molecule has 0 saturated carbocycles. The Kier molecular flexibility index (Phi) is 3.80. The summed E-state index contributed by atoms with van der Waals surface area (Å²) >= 11 is 5.59. The number of esters is 1. The summed E-state index contributed by atoms with van der Waals surface area (Å²) < 4.78 is 43.5. The van der Waals surface area contributed by atoms with Gasteiger partial charge < -0.3 is 4.74 Å². The number of para-hydroxylation sites is 1. The van der Waals surface area contributed by atoms with Crippen LogP contribution >= 0.6 is 11.6 Å². The standard InChI is InChI=1S/C12H8ClF3N2O2/c1-2-20-10(19)9-6-4-3-5-7(12(14,15)16)8(6)17-11(13)18-9/h3-5H,2H2,1H3. The van der Waals surface area contributed by atoms with Crippen molar-refractivity contribution in [3.63, 3.8) is 0 Å². The summed E-state index contributed by atoms with van der Waals surface area (Å²) in [4.78, 5) is 18.9. The number of alkyl halides is 3. The molecule has 4 nitrogen and oxygen atoms in total. The first-order valence-corrected chi connectivity index (χ1v) is 5.93. The van der Waals surface area contributed by atoms with Crippen LogP contribution in [0.2, 0.25) is 5.28 Å². The number of aromatic nitrogens is 2. The van der Waals surface area contributed by atoms with Gasteiger partial charge in [0.15, 0.2) is 5.69 Å². The third-order valence-electron chi connectivity index (χ3n) is 2.47. The van der Waals surface area contributed by atoms with E-state index in [0.717, 1.165) is 6.07 Å². The molecule has 0 radical (unpaired) electrons. The zero-order valence-corrected chi connectivity index (χ0v) is 10.9. The van der Waals surface area contributed by atoms with Crippen LogP contribution in [-0.4, -0.2) is 22.5 Å². The third kappa shape index (κ3) is 2.67. The Balaban J connectivity index is 2.76. The second-order valence-corrected chi connectivity index (χ2v) is 4.10. The molecule has 0 N–H and O–H groups in total. The largest absolute Gasteiger partial charge is 0.461 e. The zero-order chi connectivity index (χ0) is 14.9. The predicted molar refractivity (Wildman–Crippen MR) is 65.5 cm³/mol. The van der Waals surface area contributed by atoms with Gasteiger partial charge in [0, 0.05) is 5.39 Å². The fourth-order valence-corrected chi connectivity index (χ4v) is 1.88. The number of halogens is 4. The van der Waals surface area contributed by atoms with Crippen molar-refractivity contribution in [3.05, 3.63) is 34.7 Å². The summed E-state index contributed by atoms with van der Waals surface area (Å²) in [5.41, 5.74) is -1.69. The molecule has 20 heavy (non-hydrogen) atoms. The van der Waals surface area contributed by atoms with E-state index in [2.05, 4.69) is 9.97 Å². The highest BCUT2D eigenvalue weighted by Gasteiger charge is 2.34. The number of carbonyl (C=O) groups excluding carboxylic acids is 1. The maximum absolute atomic E-state index is 12.9. The van der Waals surface area contributed by atoms with E-state index in [4.69, 9.17) is 16.3 Å². The number of rotatable bonds is 2. The monoisotopic (exact) mass is 304 g/mol. The number of benzene rings is 1. The first-order chi connectivity index (χ1) is 9.34. The molecule has 0 bridgehead atoms. The van der Waals surface area contributed by atoms with Crippen LogP contribution in [0, 0.1) is 0 Å². The minimum absolute atomic E-state index is 0.0531. The van der Waals surface area contributed by atoms with Gasteiger partial charge in [0.05, 0.1) is 17.7 Å². The Labute approximate surface area is 116 Å². The average molecular weight is 305 g/mol. The molecule has 0 spiro atoms. The van der Waals surface area contributed by atoms with E-state index >= 15 is 0 Å². The summed E-state index contributed by atoms with van der Waals surface area (Å²) in [7, 11) is 0. The number of fused-ring (bicyclic) bond motifs is 1. The molecular formula is C12H8ClF3N2O2. The summed E-state index contributed by atoms with van der Waals surface area (Å²) in [5.74, 6) is -0.846. The van der Waals surface area contributed by atoms with Crippen molar-refractivity contribution in [1.82, 2.24) is 9.97 Å². The lowest BCUT2D eigenvalue weighted by atomic mass is 10.1. The first kappa shape index (κ1) is 14.5. The van der Waals surface area contributed by atoms with Crippen molar-refractivity contribution in [2.45, 2.75) is 13.1 Å². The smallest absolute Gasteiger partial charge is 0.418 e. The van der Waals surface area contributed by atoms with Crippen molar-refractivity contribution in [1.29, 1.82) is 0 Å². The van der Waals surface area contributed by atoms with Gasteiger partial charge in [-0.25, -0.2) is 14.8 Å². The quantitative estimate of drug-likeness (QED) is 0.629. The minimum atomic E-state index is -4.61. The van der Waals surface area contributed by atoms with E-state index in [1.54, 1.807) is 6.92 Å². The van der Waals surface area contributed by atoms with E-state index in [0.29, 0.717) is 0 Å². The summed E-state index contributed by atoms with van der Waals surface area (Å²) in [5, 5.41) is -0.500. The van der Waals surface area contributed by atoms with Gasteiger partial charge in [-0.15, -0.1) is 0 Å². The number of nitrogens with zero attached hydrogens (tertiary/aromatic N) is 2. The molecule has 0 aliphatic rings. The SMILES string of the molecule is CCOC(=O)c1nc(Cl)nc2c(C(F)(F)F)cccc12. The lowest BCUT2D eigenvalue weighted by molar-refractivity contribution is -0.136. The van der Waals surface area contributed by atoms with Crippen LogP contribution in [0.4, 0.5) is 13.2 Å². The minimum Gasteiger partial charge on any atom is -0.461 e. The van der Waals surface area contributed by atoms with Crippen LogP contribution in [0.3, 0.4) is 0 Å². The maximum atomic E-state index is 12.9. The molecule has 0 atom stereocenters. The van der Waals surface area contributed by atoms with Crippen molar-refractivity contribution in [2.24, 2.45) is 0 Å². The summed E-state index contributed by atoms with van der Waals surface area (Å²) in [6.45, 7) is 1.64. The Morgan fingerprint density at radius 2 is 2.05 bits per heavy atom. The molecule has 0 aliphatic heterocycles. The van der Waals surface area contributed by atoms with Gasteiger partial charge in [-0.3, -0.25) is 0 Å². The highest BCUT2D eigenvalue weighted by Crippen LogP contribution is 2.34. The fraction of sp³-hybridized carbons (Fsp3) is 0.250. The maximum Gasteiger partial charge on any atom is 0.418 e. The van der Waals surface area contributed by atoms with Gasteiger partial charge in [-0.1, -0.05) is 12.1 Å². The number of hydrogen-bond acceptors (Lipinski definition) is 4. The molecule has 0 amide bonds. The molecule has 2 rings (SSSR count). The van der Waals surface area contributed by atoms with Crippen molar-refractivity contribution < 1.29 is 22.7 Å². The molecular weight excluding hydrogens is 297 g/mol. The first-order valence-electron chi connectivity index (χ1n) is 5.55. The summed E-state index contributed by atoms with van der Waals surface area (Å²) in [6.07, 6.45) is -4.61. The Morgan fingerprint density at radius 1 is 1.35 bits per heavy atom. The number of carbonyl (C=O) groups is 1. The molecule has 0 unspecified atom stereocenters. The van der Waals surface area contributed by atoms with Crippen molar-refractivity contribution in [2.75, 3.05) is 6.61 Å². The molecule has 1 heterocycles. The van der Waals surface area contributed by atoms with Crippen molar-refractivity contribution >= 4 is 28.5 Å². The Bertz CT molecular complexity index is 674. The van der Waals surface area contributed by atoms with Gasteiger partial charge in [0.1, 0.15) is 0 Å². The molecule has 2 aromatic rings. The lowest BCUT2D eigenvalue weighted by Gasteiger charge is -2.11. The van der Waals surface area contributed by atoms with E-state index in [9.17, 15) is 18.0 Å². The van der Waals surface area contributed by atoms with Crippen molar-refractivity contribution in [3.8, 4) is 0 Å². The highest BCUT2D eigenvalue weighted by molar-refractivity contribution is 6.29. The van der Waals surface area contributed by atoms with Crippen LogP contribution in [-0.2, 0) is 10.9 Å². The molecule has 106 valence electrons. The lowest BCUT2D eigenvalue weighted by Crippen LogP contribution is -2.12. The average Bonchev–Trinajstić information content (AvgIpc) is 2.36. The van der Waals surface area contributed by atoms with Gasteiger partial charge in [-0.05, 0) is 24.6 Å². The fourth-order valence-electron chi connectivity index (χ4n) is 1.71. The molecule has 1 aromatic heterocycles. The van der Waals surface area contributed by atoms with E-state index < -0.39 is 28.5 Å². The predicted octanol–water partition coefficient (Wildman–Crippen LogP) is 3.48. The molecule has 0 fully saturated rings. The molecule has 0 aliphatic carbocycles. The van der Waals surface area contributed by atoms with Crippen LogP contribution < -0.4 is 0 Å². The number of hydrogen-bond donors (Lipinski definition) is 0. The van der Waals surface area contributed by atoms with Crippen LogP contribution in [0.15, 0.2) is 18.2 Å².